The second-order valence-electron chi connectivity index (χ2n) is 8.43. The number of pyridine rings is 1. The first kappa shape index (κ1) is 28.3. The minimum absolute atomic E-state index is 0.0191. The van der Waals surface area contributed by atoms with Gasteiger partial charge in [-0.05, 0) is 43.3 Å². The molecule has 0 saturated carbocycles. The minimum atomic E-state index is -4.73. The summed E-state index contributed by atoms with van der Waals surface area (Å²) in [6.07, 6.45) is -2.80. The molecule has 0 spiro atoms. The molecule has 2 aromatic heterocycles. The number of aromatic nitrogens is 4. The van der Waals surface area contributed by atoms with Gasteiger partial charge >= 0.3 is 6.18 Å². The van der Waals surface area contributed by atoms with Gasteiger partial charge in [-0.15, -0.1) is 5.10 Å². The van der Waals surface area contributed by atoms with Gasteiger partial charge in [0, 0.05) is 27.9 Å². The van der Waals surface area contributed by atoms with Crippen LogP contribution >= 0.6 is 11.6 Å². The SMILES string of the molecule is COc1cn([C@@H](C)C(=O)Nc2ccc(C(N)=O)c(F)c2)c(=O)cc1-c1cc(Cl)ccc1-n1cc(C(F)(F)F)nn1. The monoisotopic (exact) mass is 578 g/mol. The van der Waals surface area contributed by atoms with Crippen LogP contribution in [-0.4, -0.2) is 38.5 Å². The quantitative estimate of drug-likeness (QED) is 0.316. The van der Waals surface area contributed by atoms with Crippen molar-refractivity contribution < 1.29 is 31.9 Å². The molecule has 0 bridgehead atoms. The lowest BCUT2D eigenvalue weighted by Crippen LogP contribution is -2.31. The number of nitrogens with one attached hydrogen (secondary N) is 1. The van der Waals surface area contributed by atoms with Crippen LogP contribution in [0.15, 0.2) is 59.7 Å². The maximum absolute atomic E-state index is 14.1. The number of anilines is 1. The van der Waals surface area contributed by atoms with E-state index in [0.717, 1.165) is 27.4 Å². The average Bonchev–Trinajstić information content (AvgIpc) is 3.39. The molecule has 4 aromatic rings. The number of rotatable bonds is 7. The van der Waals surface area contributed by atoms with Crippen LogP contribution in [0.4, 0.5) is 23.2 Å². The lowest BCUT2D eigenvalue weighted by Gasteiger charge is -2.19. The van der Waals surface area contributed by atoms with Crippen molar-refractivity contribution >= 4 is 29.1 Å². The van der Waals surface area contributed by atoms with Gasteiger partial charge in [0.1, 0.15) is 17.6 Å². The summed E-state index contributed by atoms with van der Waals surface area (Å²) in [5.74, 6) is -2.53. The van der Waals surface area contributed by atoms with E-state index >= 15 is 0 Å². The third kappa shape index (κ3) is 5.66. The number of alkyl halides is 3. The molecular formula is C25H19ClF4N6O4. The molecule has 0 radical (unpaired) electrons. The van der Waals surface area contributed by atoms with Crippen molar-refractivity contribution in [2.24, 2.45) is 5.73 Å². The third-order valence-corrected chi connectivity index (χ3v) is 6.08. The molecule has 15 heteroatoms. The van der Waals surface area contributed by atoms with E-state index in [1.165, 1.54) is 44.5 Å². The predicted molar refractivity (Wildman–Crippen MR) is 136 cm³/mol. The molecule has 2 aromatic carbocycles. The summed E-state index contributed by atoms with van der Waals surface area (Å²) in [5.41, 5.74) is 3.33. The first-order valence-electron chi connectivity index (χ1n) is 11.3. The van der Waals surface area contributed by atoms with E-state index in [1.54, 1.807) is 0 Å². The number of ether oxygens (including phenoxy) is 1. The summed E-state index contributed by atoms with van der Waals surface area (Å²) in [6.45, 7) is 1.41. The van der Waals surface area contributed by atoms with Gasteiger partial charge in [0.05, 0.1) is 30.8 Å². The Morgan fingerprint density at radius 1 is 1.10 bits per heavy atom. The average molecular weight is 579 g/mol. The Kier molecular flexibility index (Phi) is 7.64. The van der Waals surface area contributed by atoms with Crippen molar-refractivity contribution in [3.8, 4) is 22.6 Å². The number of benzene rings is 2. The first-order chi connectivity index (χ1) is 18.8. The molecule has 0 unspecified atom stereocenters. The largest absolute Gasteiger partial charge is 0.495 e. The van der Waals surface area contributed by atoms with Crippen molar-refractivity contribution in [3.63, 3.8) is 0 Å². The number of carbonyl (C=O) groups excluding carboxylic acids is 2. The molecule has 40 heavy (non-hydrogen) atoms. The topological polar surface area (TPSA) is 134 Å². The molecular weight excluding hydrogens is 560 g/mol. The van der Waals surface area contributed by atoms with Gasteiger partial charge in [-0.2, -0.15) is 13.2 Å². The van der Waals surface area contributed by atoms with Crippen LogP contribution in [0.1, 0.15) is 29.0 Å². The highest BCUT2D eigenvalue weighted by molar-refractivity contribution is 6.31. The molecule has 208 valence electrons. The van der Waals surface area contributed by atoms with Crippen LogP contribution in [0.2, 0.25) is 5.02 Å². The summed E-state index contributed by atoms with van der Waals surface area (Å²) >= 11 is 6.15. The van der Waals surface area contributed by atoms with Gasteiger partial charge in [0.25, 0.3) is 11.5 Å². The van der Waals surface area contributed by atoms with E-state index < -0.39 is 41.1 Å². The Balaban J connectivity index is 1.71. The number of nitrogens with zero attached hydrogens (tertiary/aromatic N) is 4. The van der Waals surface area contributed by atoms with Crippen LogP contribution in [0, 0.1) is 5.82 Å². The van der Waals surface area contributed by atoms with Crippen molar-refractivity contribution in [3.05, 3.63) is 87.3 Å². The second-order valence-corrected chi connectivity index (χ2v) is 8.87. The number of halogens is 5. The van der Waals surface area contributed by atoms with E-state index in [-0.39, 0.29) is 38.8 Å². The molecule has 3 N–H and O–H groups in total. The van der Waals surface area contributed by atoms with Gasteiger partial charge in [-0.1, -0.05) is 16.8 Å². The third-order valence-electron chi connectivity index (χ3n) is 5.84. The van der Waals surface area contributed by atoms with Crippen molar-refractivity contribution in [1.29, 1.82) is 0 Å². The highest BCUT2D eigenvalue weighted by Gasteiger charge is 2.35. The molecule has 2 amide bonds. The van der Waals surface area contributed by atoms with Gasteiger partial charge in [-0.25, -0.2) is 9.07 Å². The van der Waals surface area contributed by atoms with Crippen molar-refractivity contribution in [2.75, 3.05) is 12.4 Å². The fourth-order valence-electron chi connectivity index (χ4n) is 3.81. The van der Waals surface area contributed by atoms with Gasteiger partial charge < -0.3 is 15.8 Å². The zero-order valence-electron chi connectivity index (χ0n) is 20.7. The van der Waals surface area contributed by atoms with Gasteiger partial charge in [0.15, 0.2) is 5.69 Å². The highest BCUT2D eigenvalue weighted by Crippen LogP contribution is 2.36. The Morgan fingerprint density at radius 3 is 2.42 bits per heavy atom. The van der Waals surface area contributed by atoms with Crippen LogP contribution < -0.4 is 21.3 Å². The van der Waals surface area contributed by atoms with Crippen LogP contribution in [0.5, 0.6) is 5.75 Å². The molecule has 2 heterocycles. The molecule has 4 rings (SSSR count). The maximum atomic E-state index is 14.1. The zero-order valence-corrected chi connectivity index (χ0v) is 21.4. The second kappa shape index (κ2) is 10.8. The van der Waals surface area contributed by atoms with Crippen LogP contribution in [-0.2, 0) is 11.0 Å². The summed E-state index contributed by atoms with van der Waals surface area (Å²) in [7, 11) is 1.29. The fourth-order valence-corrected chi connectivity index (χ4v) is 3.98. The lowest BCUT2D eigenvalue weighted by atomic mass is 10.0. The normalized spacial score (nSPS) is 12.2. The summed E-state index contributed by atoms with van der Waals surface area (Å²) < 4.78 is 60.7. The molecule has 0 fully saturated rings. The van der Waals surface area contributed by atoms with Crippen molar-refractivity contribution in [1.82, 2.24) is 19.6 Å². The van der Waals surface area contributed by atoms with E-state index in [0.29, 0.717) is 6.20 Å². The van der Waals surface area contributed by atoms with E-state index in [9.17, 15) is 31.9 Å². The first-order valence-corrected chi connectivity index (χ1v) is 11.7. The molecule has 0 aliphatic carbocycles. The molecule has 1 atom stereocenters. The summed E-state index contributed by atoms with van der Waals surface area (Å²) in [6, 6.07) is 7.52. The Morgan fingerprint density at radius 2 is 1.82 bits per heavy atom. The van der Waals surface area contributed by atoms with E-state index in [1.807, 2.05) is 0 Å². The minimum Gasteiger partial charge on any atom is -0.495 e. The standard InChI is InChI=1S/C25H19ClF4N6O4/c1-12(24(39)32-14-4-5-15(23(31)38)18(27)8-14)35-10-20(40-2)17(9-22(35)37)16-7-13(26)3-6-19(16)36-11-21(33-34-36)25(28,29)30/h3-12H,1-2H3,(H2,31,38)(H,32,39)/t12-/m0/s1. The lowest BCUT2D eigenvalue weighted by molar-refractivity contribution is -0.141. The Hall–Kier alpha value is -4.72. The van der Waals surface area contributed by atoms with Crippen molar-refractivity contribution in [2.45, 2.75) is 19.1 Å². The van der Waals surface area contributed by atoms with Gasteiger partial charge in [0.2, 0.25) is 5.91 Å². The number of primary amides is 1. The Bertz CT molecular complexity index is 1680. The number of nitrogens with two attached hydrogens (primary N) is 1. The number of amides is 2. The molecule has 10 nitrogen and oxygen atoms in total. The number of hydrogen-bond donors (Lipinski definition) is 2. The van der Waals surface area contributed by atoms with E-state index in [2.05, 4.69) is 15.6 Å². The number of carbonyl (C=O) groups is 2. The zero-order chi connectivity index (χ0) is 29.4. The Labute approximate surface area is 227 Å². The maximum Gasteiger partial charge on any atom is 0.436 e. The summed E-state index contributed by atoms with van der Waals surface area (Å²) in [5, 5.41) is 9.37. The molecule has 0 aliphatic rings. The predicted octanol–water partition coefficient (Wildman–Crippen LogP) is 4.21. The highest BCUT2D eigenvalue weighted by atomic mass is 35.5. The van der Waals surface area contributed by atoms with E-state index in [4.69, 9.17) is 22.1 Å². The number of methoxy groups -OCH3 is 1. The smallest absolute Gasteiger partial charge is 0.436 e. The number of hydrogen-bond acceptors (Lipinski definition) is 6. The molecule has 0 saturated heterocycles. The fraction of sp³-hybridized carbons (Fsp3) is 0.160. The molecule has 0 aliphatic heterocycles. The van der Waals surface area contributed by atoms with Gasteiger partial charge in [-0.3, -0.25) is 19.0 Å². The van der Waals surface area contributed by atoms with Crippen LogP contribution in [0.3, 0.4) is 0 Å². The van der Waals surface area contributed by atoms with Crippen LogP contribution in [0.25, 0.3) is 16.8 Å². The summed E-state index contributed by atoms with van der Waals surface area (Å²) in [4.78, 5) is 37.2.